The van der Waals surface area contributed by atoms with Gasteiger partial charge >= 0.3 is 0 Å². The summed E-state index contributed by atoms with van der Waals surface area (Å²) in [4.78, 5) is 0. The minimum absolute atomic E-state index is 0.905. The molecule has 0 aliphatic rings. The first-order valence-corrected chi connectivity index (χ1v) is 5.52. The largest absolute Gasteiger partial charge is 0.497 e. The topological polar surface area (TPSA) is 18.5 Å². The van der Waals surface area contributed by atoms with Crippen LogP contribution in [0.5, 0.6) is 11.5 Å². The number of aryl methyl sites for hydroxylation is 1. The van der Waals surface area contributed by atoms with Crippen molar-refractivity contribution in [2.24, 2.45) is 0 Å². The second-order valence-electron chi connectivity index (χ2n) is 3.63. The Bertz CT molecular complexity index is 295. The van der Waals surface area contributed by atoms with Gasteiger partial charge in [0.25, 0.3) is 0 Å². The Morgan fingerprint density at radius 3 is 2.47 bits per heavy atom. The predicted octanol–water partition coefficient (Wildman–Crippen LogP) is 3.44. The zero-order valence-corrected chi connectivity index (χ0v) is 9.88. The predicted molar refractivity (Wildman–Crippen MR) is 62.8 cm³/mol. The van der Waals surface area contributed by atoms with Crippen LogP contribution in [-0.2, 0) is 6.42 Å². The van der Waals surface area contributed by atoms with E-state index in [-0.39, 0.29) is 0 Å². The van der Waals surface area contributed by atoms with Crippen LogP contribution < -0.4 is 9.47 Å². The summed E-state index contributed by atoms with van der Waals surface area (Å²) in [5, 5.41) is 0. The molecule has 15 heavy (non-hydrogen) atoms. The summed E-state index contributed by atoms with van der Waals surface area (Å²) < 4.78 is 10.5. The van der Waals surface area contributed by atoms with Crippen molar-refractivity contribution in [1.29, 1.82) is 0 Å². The molecule has 0 aliphatic heterocycles. The maximum atomic E-state index is 5.32. The highest BCUT2D eigenvalue weighted by Gasteiger charge is 2.04. The first-order valence-electron chi connectivity index (χ1n) is 5.52. The van der Waals surface area contributed by atoms with Crippen molar-refractivity contribution >= 4 is 0 Å². The van der Waals surface area contributed by atoms with Gasteiger partial charge in [-0.15, -0.1) is 0 Å². The lowest BCUT2D eigenvalue weighted by Crippen LogP contribution is -1.94. The monoisotopic (exact) mass is 208 g/mol. The molecule has 0 saturated heterocycles. The van der Waals surface area contributed by atoms with Crippen molar-refractivity contribution in [1.82, 2.24) is 0 Å². The van der Waals surface area contributed by atoms with Gasteiger partial charge < -0.3 is 9.47 Å². The van der Waals surface area contributed by atoms with E-state index in [0.717, 1.165) is 17.9 Å². The molecular weight excluding hydrogens is 188 g/mol. The van der Waals surface area contributed by atoms with E-state index in [4.69, 9.17) is 9.47 Å². The summed E-state index contributed by atoms with van der Waals surface area (Å²) in [5.41, 5.74) is 1.24. The van der Waals surface area contributed by atoms with E-state index < -0.39 is 0 Å². The minimum Gasteiger partial charge on any atom is -0.497 e. The highest BCUT2D eigenvalue weighted by atomic mass is 16.5. The molecule has 0 radical (unpaired) electrons. The smallest absolute Gasteiger partial charge is 0.122 e. The molecule has 1 aromatic carbocycles. The molecule has 0 aliphatic carbocycles. The average Bonchev–Trinajstić information content (AvgIpc) is 2.29. The normalized spacial score (nSPS) is 10.1. The Labute approximate surface area is 92.2 Å². The molecule has 0 spiro atoms. The summed E-state index contributed by atoms with van der Waals surface area (Å²) >= 11 is 0. The second-order valence-corrected chi connectivity index (χ2v) is 3.63. The van der Waals surface area contributed by atoms with Crippen molar-refractivity contribution in [3.8, 4) is 11.5 Å². The highest BCUT2D eigenvalue weighted by molar-refractivity contribution is 5.40. The fourth-order valence-electron chi connectivity index (χ4n) is 1.64. The summed E-state index contributed by atoms with van der Waals surface area (Å²) in [6.07, 6.45) is 4.78. The van der Waals surface area contributed by atoms with Gasteiger partial charge in [0.1, 0.15) is 11.5 Å². The maximum Gasteiger partial charge on any atom is 0.122 e. The fraction of sp³-hybridized carbons (Fsp3) is 0.538. The molecule has 0 saturated carbocycles. The van der Waals surface area contributed by atoms with E-state index in [0.29, 0.717) is 0 Å². The van der Waals surface area contributed by atoms with Gasteiger partial charge in [-0.1, -0.05) is 19.8 Å². The minimum atomic E-state index is 0.905. The zero-order valence-electron chi connectivity index (χ0n) is 9.88. The van der Waals surface area contributed by atoms with Gasteiger partial charge in [0.15, 0.2) is 0 Å². The van der Waals surface area contributed by atoms with Crippen LogP contribution in [0.2, 0.25) is 0 Å². The van der Waals surface area contributed by atoms with Crippen LogP contribution >= 0.6 is 0 Å². The molecule has 0 fully saturated rings. The molecule has 1 rings (SSSR count). The van der Waals surface area contributed by atoms with Gasteiger partial charge in [-0.05, 0) is 36.6 Å². The Hall–Kier alpha value is -1.18. The third-order valence-corrected chi connectivity index (χ3v) is 2.54. The van der Waals surface area contributed by atoms with Gasteiger partial charge in [0.2, 0.25) is 0 Å². The number of unbranched alkanes of at least 4 members (excludes halogenated alkanes) is 2. The average molecular weight is 208 g/mol. The lowest BCUT2D eigenvalue weighted by Gasteiger charge is -2.09. The number of rotatable bonds is 6. The van der Waals surface area contributed by atoms with Crippen LogP contribution in [-0.4, -0.2) is 14.2 Å². The molecular formula is C13H20O2. The van der Waals surface area contributed by atoms with Crippen LogP contribution in [0.25, 0.3) is 0 Å². The molecule has 0 atom stereocenters. The number of ether oxygens (including phenoxy) is 2. The van der Waals surface area contributed by atoms with Gasteiger partial charge in [-0.3, -0.25) is 0 Å². The van der Waals surface area contributed by atoms with Gasteiger partial charge in [-0.2, -0.15) is 0 Å². The molecule has 2 nitrogen and oxygen atoms in total. The maximum absolute atomic E-state index is 5.32. The quantitative estimate of drug-likeness (QED) is 0.667. The first-order chi connectivity index (χ1) is 7.31. The van der Waals surface area contributed by atoms with E-state index in [1.165, 1.54) is 24.8 Å². The van der Waals surface area contributed by atoms with E-state index in [9.17, 15) is 0 Å². The van der Waals surface area contributed by atoms with Crippen molar-refractivity contribution in [3.63, 3.8) is 0 Å². The molecule has 0 amide bonds. The molecule has 84 valence electrons. The third-order valence-electron chi connectivity index (χ3n) is 2.54. The van der Waals surface area contributed by atoms with Gasteiger partial charge in [0, 0.05) is 0 Å². The summed E-state index contributed by atoms with van der Waals surface area (Å²) in [7, 11) is 3.41. The number of hydrogen-bond acceptors (Lipinski definition) is 2. The molecule has 0 aromatic heterocycles. The molecule has 1 aromatic rings. The Morgan fingerprint density at radius 1 is 1.07 bits per heavy atom. The van der Waals surface area contributed by atoms with Crippen molar-refractivity contribution in [2.75, 3.05) is 14.2 Å². The fourth-order valence-corrected chi connectivity index (χ4v) is 1.64. The summed E-state index contributed by atoms with van der Waals surface area (Å²) in [6.45, 7) is 2.21. The van der Waals surface area contributed by atoms with Crippen molar-refractivity contribution in [2.45, 2.75) is 32.6 Å². The zero-order chi connectivity index (χ0) is 11.1. The molecule has 0 unspecified atom stereocenters. The number of benzene rings is 1. The molecule has 0 N–H and O–H groups in total. The van der Waals surface area contributed by atoms with Gasteiger partial charge in [-0.25, -0.2) is 0 Å². The molecule has 2 heteroatoms. The summed E-state index contributed by atoms with van der Waals surface area (Å²) in [6, 6.07) is 5.97. The lowest BCUT2D eigenvalue weighted by molar-refractivity contribution is 0.398. The van der Waals surface area contributed by atoms with E-state index in [1.807, 2.05) is 12.1 Å². The number of hydrogen-bond donors (Lipinski definition) is 0. The Balaban J connectivity index is 2.72. The molecule has 0 bridgehead atoms. The Morgan fingerprint density at radius 2 is 1.87 bits per heavy atom. The molecule has 0 heterocycles. The third kappa shape index (κ3) is 3.46. The van der Waals surface area contributed by atoms with E-state index in [2.05, 4.69) is 13.0 Å². The summed E-state index contributed by atoms with van der Waals surface area (Å²) in [5.74, 6) is 1.87. The van der Waals surface area contributed by atoms with E-state index >= 15 is 0 Å². The van der Waals surface area contributed by atoms with E-state index in [1.54, 1.807) is 14.2 Å². The lowest BCUT2D eigenvalue weighted by atomic mass is 10.1. The standard InChI is InChI=1S/C13H20O2/c1-4-5-6-7-11-10-12(14-2)8-9-13(11)15-3/h8-10H,4-7H2,1-3H3. The van der Waals surface area contributed by atoms with Crippen LogP contribution in [0.3, 0.4) is 0 Å². The van der Waals surface area contributed by atoms with Crippen LogP contribution in [0.15, 0.2) is 18.2 Å². The van der Waals surface area contributed by atoms with Crippen molar-refractivity contribution in [3.05, 3.63) is 23.8 Å². The second kappa shape index (κ2) is 6.33. The van der Waals surface area contributed by atoms with Crippen LogP contribution in [0.4, 0.5) is 0 Å². The SMILES string of the molecule is CCCCCc1cc(OC)ccc1OC. The van der Waals surface area contributed by atoms with Crippen LogP contribution in [0, 0.1) is 0 Å². The Kier molecular flexibility index (Phi) is 5.02. The van der Waals surface area contributed by atoms with Gasteiger partial charge in [0.05, 0.1) is 14.2 Å². The first kappa shape index (κ1) is 11.9. The van der Waals surface area contributed by atoms with Crippen LogP contribution in [0.1, 0.15) is 31.7 Å². The highest BCUT2D eigenvalue weighted by Crippen LogP contribution is 2.25. The number of methoxy groups -OCH3 is 2. The van der Waals surface area contributed by atoms with Crippen molar-refractivity contribution < 1.29 is 9.47 Å².